The van der Waals surface area contributed by atoms with Crippen LogP contribution in [0, 0.1) is 11.3 Å². The van der Waals surface area contributed by atoms with Crippen LogP contribution in [0.4, 0.5) is 5.69 Å². The highest BCUT2D eigenvalue weighted by atomic mass is 79.9. The molecule has 0 aliphatic heterocycles. The van der Waals surface area contributed by atoms with Gasteiger partial charge < -0.3 is 5.32 Å². The maximum absolute atomic E-state index is 12.1. The minimum atomic E-state index is -0.0813. The number of carbonyl (C=O) groups is 1. The zero-order valence-corrected chi connectivity index (χ0v) is 17.8. The molecule has 1 amide bonds. The van der Waals surface area contributed by atoms with Gasteiger partial charge in [-0.2, -0.15) is 5.26 Å². The largest absolute Gasteiger partial charge is 0.326 e. The minimum Gasteiger partial charge on any atom is -0.326 e. The van der Waals surface area contributed by atoms with Gasteiger partial charge in [-0.05, 0) is 48.5 Å². The summed E-state index contributed by atoms with van der Waals surface area (Å²) in [4.78, 5) is 16.7. The van der Waals surface area contributed by atoms with Crippen molar-refractivity contribution in [2.75, 3.05) is 11.1 Å². The normalized spacial score (nSPS) is 10.3. The molecule has 2 aromatic carbocycles. The average Bonchev–Trinajstić information content (AvgIpc) is 2.70. The molecule has 0 aliphatic carbocycles. The molecule has 0 saturated carbocycles. The monoisotopic (exact) mass is 471 g/mol. The Kier molecular flexibility index (Phi) is 7.10. The predicted molar refractivity (Wildman–Crippen MR) is 118 cm³/mol. The third-order valence-electron chi connectivity index (χ3n) is 3.82. The molecule has 0 radical (unpaired) electrons. The highest BCUT2D eigenvalue weighted by Crippen LogP contribution is 2.26. The Morgan fingerprint density at radius 3 is 2.50 bits per heavy atom. The van der Waals surface area contributed by atoms with Gasteiger partial charge in [-0.25, -0.2) is 4.98 Å². The van der Waals surface area contributed by atoms with Gasteiger partial charge in [-0.3, -0.25) is 4.79 Å². The molecule has 0 spiro atoms. The van der Waals surface area contributed by atoms with E-state index in [1.165, 1.54) is 11.8 Å². The second-order valence-electron chi connectivity index (χ2n) is 5.82. The quantitative estimate of drug-likeness (QED) is 0.436. The number of nitrogens with zero attached hydrogens (tertiary/aromatic N) is 2. The van der Waals surface area contributed by atoms with Gasteiger partial charge >= 0.3 is 0 Å². The fraction of sp³-hybridized carbons (Fsp3) is 0.0952. The number of pyridine rings is 1. The molecule has 3 aromatic rings. The summed E-state index contributed by atoms with van der Waals surface area (Å²) < 4.78 is 0.955. The van der Waals surface area contributed by atoms with Crippen LogP contribution in [0.15, 0.2) is 70.2 Å². The zero-order chi connectivity index (χ0) is 19.9. The molecule has 0 bridgehead atoms. The first-order chi connectivity index (χ1) is 13.5. The van der Waals surface area contributed by atoms with E-state index in [0.29, 0.717) is 27.8 Å². The van der Waals surface area contributed by atoms with Crippen LogP contribution >= 0.6 is 39.3 Å². The lowest BCUT2D eigenvalue weighted by molar-refractivity contribution is -0.115. The van der Waals surface area contributed by atoms with Crippen molar-refractivity contribution < 1.29 is 4.79 Å². The SMILES string of the molecule is N#Cc1ccc(-c2ccc(Cl)cc2)nc1SCCC(=O)Nc1ccc(Br)cc1. The first-order valence-electron chi connectivity index (χ1n) is 8.40. The molecule has 140 valence electrons. The number of benzene rings is 2. The second kappa shape index (κ2) is 9.74. The Hall–Kier alpha value is -2.33. The van der Waals surface area contributed by atoms with Gasteiger partial charge in [0.25, 0.3) is 0 Å². The van der Waals surface area contributed by atoms with Gasteiger partial charge in [0.1, 0.15) is 11.1 Å². The standard InChI is InChI=1S/C21H15BrClN3OS/c22-16-4-8-18(9-5-16)25-20(27)11-12-28-21-15(13-24)3-10-19(26-21)14-1-6-17(23)7-2-14/h1-10H,11-12H2,(H,25,27). The molecule has 0 atom stereocenters. The predicted octanol–water partition coefficient (Wildman–Crippen LogP) is 6.16. The molecule has 3 rings (SSSR count). The van der Waals surface area contributed by atoms with Gasteiger partial charge in [0.05, 0.1) is 11.3 Å². The van der Waals surface area contributed by atoms with Crippen molar-refractivity contribution in [2.45, 2.75) is 11.4 Å². The van der Waals surface area contributed by atoms with Crippen molar-refractivity contribution in [3.8, 4) is 17.3 Å². The van der Waals surface area contributed by atoms with E-state index in [4.69, 9.17) is 11.6 Å². The molecule has 0 aliphatic rings. The number of anilines is 1. The van der Waals surface area contributed by atoms with Crippen molar-refractivity contribution in [1.82, 2.24) is 4.98 Å². The summed E-state index contributed by atoms with van der Waals surface area (Å²) in [6.45, 7) is 0. The van der Waals surface area contributed by atoms with Gasteiger partial charge in [-0.15, -0.1) is 11.8 Å². The lowest BCUT2D eigenvalue weighted by Gasteiger charge is -2.08. The van der Waals surface area contributed by atoms with Gasteiger partial charge in [-0.1, -0.05) is 39.7 Å². The third-order valence-corrected chi connectivity index (χ3v) is 5.59. The molecular formula is C21H15BrClN3OS. The summed E-state index contributed by atoms with van der Waals surface area (Å²) in [6.07, 6.45) is 0.318. The first-order valence-corrected chi connectivity index (χ1v) is 10.6. The van der Waals surface area contributed by atoms with Crippen molar-refractivity contribution in [3.63, 3.8) is 0 Å². The summed E-state index contributed by atoms with van der Waals surface area (Å²) in [7, 11) is 0. The number of halogens is 2. The topological polar surface area (TPSA) is 65.8 Å². The van der Waals surface area contributed by atoms with E-state index in [2.05, 4.69) is 32.3 Å². The first kappa shape index (κ1) is 20.4. The highest BCUT2D eigenvalue weighted by Gasteiger charge is 2.10. The van der Waals surface area contributed by atoms with Gasteiger partial charge in [0.2, 0.25) is 5.91 Å². The van der Waals surface area contributed by atoms with Crippen molar-refractivity contribution in [2.24, 2.45) is 0 Å². The second-order valence-corrected chi connectivity index (χ2v) is 8.26. The number of rotatable bonds is 6. The number of amides is 1. The number of hydrogen-bond acceptors (Lipinski definition) is 4. The Labute approximate surface area is 181 Å². The number of carbonyl (C=O) groups excluding carboxylic acids is 1. The van der Waals surface area contributed by atoms with Crippen LogP contribution in [0.5, 0.6) is 0 Å². The summed E-state index contributed by atoms with van der Waals surface area (Å²) in [5, 5.41) is 13.5. The number of nitrogens with one attached hydrogen (secondary N) is 1. The summed E-state index contributed by atoms with van der Waals surface area (Å²) in [5.74, 6) is 0.441. The fourth-order valence-electron chi connectivity index (χ4n) is 2.41. The van der Waals surface area contributed by atoms with E-state index in [9.17, 15) is 10.1 Å². The molecule has 0 saturated heterocycles. The van der Waals surface area contributed by atoms with Crippen molar-refractivity contribution in [1.29, 1.82) is 5.26 Å². The van der Waals surface area contributed by atoms with Gasteiger partial charge in [0.15, 0.2) is 0 Å². The molecular weight excluding hydrogens is 458 g/mol. The van der Waals surface area contributed by atoms with Crippen molar-refractivity contribution in [3.05, 3.63) is 75.7 Å². The van der Waals surface area contributed by atoms with E-state index in [0.717, 1.165) is 21.4 Å². The van der Waals surface area contributed by atoms with E-state index < -0.39 is 0 Å². The minimum absolute atomic E-state index is 0.0813. The number of thioether (sulfide) groups is 1. The Morgan fingerprint density at radius 2 is 1.82 bits per heavy atom. The van der Waals surface area contributed by atoms with Crippen LogP contribution in [-0.2, 0) is 4.79 Å². The zero-order valence-electron chi connectivity index (χ0n) is 14.7. The lowest BCUT2D eigenvalue weighted by atomic mass is 10.1. The Balaban J connectivity index is 1.63. The number of aromatic nitrogens is 1. The average molecular weight is 473 g/mol. The molecule has 1 aromatic heterocycles. The Bertz CT molecular complexity index is 1020. The van der Waals surface area contributed by atoms with Crippen LogP contribution in [-0.4, -0.2) is 16.6 Å². The summed E-state index contributed by atoms with van der Waals surface area (Å²) in [5.41, 5.74) is 2.93. The summed E-state index contributed by atoms with van der Waals surface area (Å²) in [6, 6.07) is 20.5. The highest BCUT2D eigenvalue weighted by molar-refractivity contribution is 9.10. The van der Waals surface area contributed by atoms with Crippen LogP contribution in [0.1, 0.15) is 12.0 Å². The maximum atomic E-state index is 12.1. The number of nitriles is 1. The van der Waals surface area contributed by atoms with Crippen LogP contribution in [0.3, 0.4) is 0 Å². The summed E-state index contributed by atoms with van der Waals surface area (Å²) >= 11 is 10.7. The molecule has 4 nitrogen and oxygen atoms in total. The Morgan fingerprint density at radius 1 is 1.11 bits per heavy atom. The molecule has 0 unspecified atom stereocenters. The van der Waals surface area contributed by atoms with Gasteiger partial charge in [0, 0.05) is 32.9 Å². The number of hydrogen-bond donors (Lipinski definition) is 1. The van der Waals surface area contributed by atoms with E-state index in [1.807, 2.05) is 42.5 Å². The molecule has 28 heavy (non-hydrogen) atoms. The lowest BCUT2D eigenvalue weighted by Crippen LogP contribution is -2.12. The van der Waals surface area contributed by atoms with Crippen LogP contribution in [0.2, 0.25) is 5.02 Å². The van der Waals surface area contributed by atoms with Crippen molar-refractivity contribution >= 4 is 50.9 Å². The maximum Gasteiger partial charge on any atom is 0.225 e. The molecule has 0 fully saturated rings. The van der Waals surface area contributed by atoms with E-state index >= 15 is 0 Å². The van der Waals surface area contributed by atoms with E-state index in [1.54, 1.807) is 18.2 Å². The smallest absolute Gasteiger partial charge is 0.225 e. The van der Waals surface area contributed by atoms with E-state index in [-0.39, 0.29) is 5.91 Å². The molecule has 1 N–H and O–H groups in total. The third kappa shape index (κ3) is 5.59. The molecule has 1 heterocycles. The molecule has 7 heteroatoms. The fourth-order valence-corrected chi connectivity index (χ4v) is 3.72. The van der Waals surface area contributed by atoms with Crippen LogP contribution < -0.4 is 5.32 Å². The van der Waals surface area contributed by atoms with Crippen LogP contribution in [0.25, 0.3) is 11.3 Å².